The lowest BCUT2D eigenvalue weighted by Gasteiger charge is -2.17. The van der Waals surface area contributed by atoms with Crippen LogP contribution >= 0.6 is 0 Å². The molecule has 1 aliphatic rings. The summed E-state index contributed by atoms with van der Waals surface area (Å²) in [6.45, 7) is -0.430. The van der Waals surface area contributed by atoms with E-state index in [1.807, 2.05) is 0 Å². The first-order valence-electron chi connectivity index (χ1n) is 6.28. The molecule has 0 saturated carbocycles. The van der Waals surface area contributed by atoms with Crippen molar-refractivity contribution in [3.63, 3.8) is 0 Å². The smallest absolute Gasteiger partial charge is 0.416 e. The van der Waals surface area contributed by atoms with Gasteiger partial charge in [0.1, 0.15) is 0 Å². The van der Waals surface area contributed by atoms with Crippen LogP contribution in [0.15, 0.2) is 24.1 Å². The molecule has 0 spiro atoms. The van der Waals surface area contributed by atoms with Gasteiger partial charge in [0.2, 0.25) is 11.7 Å². The molecule has 2 rings (SSSR count). The van der Waals surface area contributed by atoms with Gasteiger partial charge >= 0.3 is 12.4 Å². The van der Waals surface area contributed by atoms with Gasteiger partial charge in [-0.15, -0.1) is 0 Å². The minimum atomic E-state index is -4.97. The highest BCUT2D eigenvalue weighted by Gasteiger charge is 2.38. The zero-order valence-corrected chi connectivity index (χ0v) is 12.0. The Bertz CT molecular complexity index is 641. The standard InChI is InChI=1S/C14H11F6NO2/c1-21(2)12-11(10(22)6-23-12)7-3-8(13(15,16)17)5-9(4-7)14(18,19)20/h3-5H,6H2,1-2H3. The largest absolute Gasteiger partial charge is 0.470 e. The summed E-state index contributed by atoms with van der Waals surface area (Å²) >= 11 is 0. The molecule has 9 heteroatoms. The van der Waals surface area contributed by atoms with Gasteiger partial charge in [-0.05, 0) is 23.8 Å². The quantitative estimate of drug-likeness (QED) is 0.772. The van der Waals surface area contributed by atoms with Crippen molar-refractivity contribution in [2.24, 2.45) is 0 Å². The van der Waals surface area contributed by atoms with Crippen LogP contribution in [-0.4, -0.2) is 31.4 Å². The van der Waals surface area contributed by atoms with Gasteiger partial charge in [0, 0.05) is 14.1 Å². The summed E-state index contributed by atoms with van der Waals surface area (Å²) in [5.74, 6) is -0.747. The van der Waals surface area contributed by atoms with Crippen molar-refractivity contribution < 1.29 is 35.9 Å². The van der Waals surface area contributed by atoms with E-state index in [2.05, 4.69) is 0 Å². The van der Waals surface area contributed by atoms with Gasteiger partial charge in [-0.25, -0.2) is 0 Å². The number of Topliss-reactive ketones (excluding diaryl/α,β-unsaturated/α-hetero) is 1. The minimum Gasteiger partial charge on any atom is -0.470 e. The number of nitrogens with zero attached hydrogens (tertiary/aromatic N) is 1. The number of hydrogen-bond acceptors (Lipinski definition) is 3. The molecule has 23 heavy (non-hydrogen) atoms. The van der Waals surface area contributed by atoms with Crippen molar-refractivity contribution in [3.8, 4) is 0 Å². The first-order chi connectivity index (χ1) is 10.4. The van der Waals surface area contributed by atoms with Crippen molar-refractivity contribution in [1.82, 2.24) is 4.90 Å². The third kappa shape index (κ3) is 3.43. The Balaban J connectivity index is 2.72. The summed E-state index contributed by atoms with van der Waals surface area (Å²) in [5.41, 5.74) is -3.73. The van der Waals surface area contributed by atoms with Crippen LogP contribution in [-0.2, 0) is 21.9 Å². The molecule has 0 aliphatic carbocycles. The van der Waals surface area contributed by atoms with Crippen LogP contribution in [0.4, 0.5) is 26.3 Å². The fraction of sp³-hybridized carbons (Fsp3) is 0.357. The normalized spacial score (nSPS) is 15.9. The molecular weight excluding hydrogens is 328 g/mol. The van der Waals surface area contributed by atoms with E-state index in [0.717, 1.165) is 0 Å². The maximum absolute atomic E-state index is 12.9. The van der Waals surface area contributed by atoms with Crippen molar-refractivity contribution in [1.29, 1.82) is 0 Å². The Morgan fingerprint density at radius 1 is 0.957 bits per heavy atom. The molecule has 1 aromatic rings. The van der Waals surface area contributed by atoms with E-state index in [1.165, 1.54) is 19.0 Å². The van der Waals surface area contributed by atoms with E-state index in [0.29, 0.717) is 12.1 Å². The second-order valence-electron chi connectivity index (χ2n) is 5.08. The van der Waals surface area contributed by atoms with Crippen LogP contribution in [0.2, 0.25) is 0 Å². The average molecular weight is 339 g/mol. The van der Waals surface area contributed by atoms with Gasteiger partial charge < -0.3 is 9.64 Å². The summed E-state index contributed by atoms with van der Waals surface area (Å²) in [7, 11) is 2.93. The number of ether oxygens (including phenoxy) is 1. The van der Waals surface area contributed by atoms with Crippen LogP contribution in [0.25, 0.3) is 5.57 Å². The van der Waals surface area contributed by atoms with Gasteiger partial charge in [-0.1, -0.05) is 0 Å². The molecule has 0 bridgehead atoms. The van der Waals surface area contributed by atoms with Gasteiger partial charge in [0.25, 0.3) is 0 Å². The molecular formula is C14H11F6NO2. The van der Waals surface area contributed by atoms with Gasteiger partial charge in [0.05, 0.1) is 16.7 Å². The number of rotatable bonds is 2. The fourth-order valence-corrected chi connectivity index (χ4v) is 2.13. The molecule has 0 N–H and O–H groups in total. The highest BCUT2D eigenvalue weighted by molar-refractivity contribution is 6.23. The van der Waals surface area contributed by atoms with Crippen LogP contribution in [0.5, 0.6) is 0 Å². The molecule has 0 fully saturated rings. The predicted octanol–water partition coefficient (Wildman–Crippen LogP) is 3.55. The van der Waals surface area contributed by atoms with E-state index in [-0.39, 0.29) is 17.5 Å². The molecule has 0 amide bonds. The van der Waals surface area contributed by atoms with Crippen molar-refractivity contribution in [2.45, 2.75) is 12.4 Å². The Morgan fingerprint density at radius 3 is 1.83 bits per heavy atom. The SMILES string of the molecule is CN(C)C1=C(c2cc(C(F)(F)F)cc(C(F)(F)F)c2)C(=O)CO1. The van der Waals surface area contributed by atoms with E-state index < -0.39 is 41.4 Å². The summed E-state index contributed by atoms with van der Waals surface area (Å²) in [6, 6.07) is 1.04. The monoisotopic (exact) mass is 339 g/mol. The van der Waals surface area contributed by atoms with Crippen LogP contribution < -0.4 is 0 Å². The summed E-state index contributed by atoms with van der Waals surface area (Å²) in [4.78, 5) is 13.2. The second-order valence-corrected chi connectivity index (χ2v) is 5.08. The lowest BCUT2D eigenvalue weighted by atomic mass is 9.97. The van der Waals surface area contributed by atoms with Gasteiger partial charge in [-0.2, -0.15) is 26.3 Å². The van der Waals surface area contributed by atoms with Crippen LogP contribution in [0.1, 0.15) is 16.7 Å². The Kier molecular flexibility index (Phi) is 4.08. The lowest BCUT2D eigenvalue weighted by Crippen LogP contribution is -2.14. The first kappa shape index (κ1) is 17.2. The molecule has 1 heterocycles. The lowest BCUT2D eigenvalue weighted by molar-refractivity contribution is -0.143. The van der Waals surface area contributed by atoms with E-state index >= 15 is 0 Å². The number of alkyl halides is 6. The number of carbonyl (C=O) groups excluding carboxylic acids is 1. The zero-order chi connectivity index (χ0) is 17.6. The average Bonchev–Trinajstić information content (AvgIpc) is 2.78. The van der Waals surface area contributed by atoms with Crippen molar-refractivity contribution in [2.75, 3.05) is 20.7 Å². The molecule has 1 aliphatic heterocycles. The summed E-state index contributed by atoms with van der Waals surface area (Å²) in [5, 5.41) is 0. The molecule has 126 valence electrons. The second kappa shape index (κ2) is 5.47. The van der Waals surface area contributed by atoms with Gasteiger partial charge in [-0.3, -0.25) is 4.79 Å². The van der Waals surface area contributed by atoms with Crippen molar-refractivity contribution >= 4 is 11.4 Å². The third-order valence-corrected chi connectivity index (χ3v) is 3.12. The van der Waals surface area contributed by atoms with Crippen LogP contribution in [0, 0.1) is 0 Å². The molecule has 1 aromatic carbocycles. The molecule has 0 radical (unpaired) electrons. The van der Waals surface area contributed by atoms with Crippen molar-refractivity contribution in [3.05, 3.63) is 40.8 Å². The topological polar surface area (TPSA) is 29.5 Å². The summed E-state index contributed by atoms with van der Waals surface area (Å²) < 4.78 is 82.2. The molecule has 0 unspecified atom stereocenters. The highest BCUT2D eigenvalue weighted by Crippen LogP contribution is 2.39. The first-order valence-corrected chi connectivity index (χ1v) is 6.28. The zero-order valence-electron chi connectivity index (χ0n) is 12.0. The Morgan fingerprint density at radius 2 is 1.43 bits per heavy atom. The molecule has 3 nitrogen and oxygen atoms in total. The number of halogens is 6. The molecule has 0 atom stereocenters. The number of carbonyl (C=O) groups is 1. The molecule has 0 aromatic heterocycles. The fourth-order valence-electron chi connectivity index (χ4n) is 2.13. The highest BCUT2D eigenvalue weighted by atomic mass is 19.4. The van der Waals surface area contributed by atoms with E-state index in [9.17, 15) is 31.1 Å². The van der Waals surface area contributed by atoms with Crippen LogP contribution in [0.3, 0.4) is 0 Å². The maximum atomic E-state index is 12.9. The maximum Gasteiger partial charge on any atom is 0.416 e. The van der Waals surface area contributed by atoms with E-state index in [1.54, 1.807) is 0 Å². The third-order valence-electron chi connectivity index (χ3n) is 3.12. The minimum absolute atomic E-state index is 0.0136. The number of ketones is 1. The summed E-state index contributed by atoms with van der Waals surface area (Å²) in [6.07, 6.45) is -9.95. The number of hydrogen-bond donors (Lipinski definition) is 0. The molecule has 0 saturated heterocycles. The number of benzene rings is 1. The predicted molar refractivity (Wildman–Crippen MR) is 68.0 cm³/mol. The van der Waals surface area contributed by atoms with Gasteiger partial charge in [0.15, 0.2) is 6.61 Å². The van der Waals surface area contributed by atoms with E-state index in [4.69, 9.17) is 4.74 Å². The Labute approximate surface area is 127 Å². The Hall–Kier alpha value is -2.19.